The van der Waals surface area contributed by atoms with Crippen LogP contribution in [-0.4, -0.2) is 12.0 Å². The van der Waals surface area contributed by atoms with Crippen LogP contribution in [0.2, 0.25) is 0 Å². The van der Waals surface area contributed by atoms with Gasteiger partial charge in [0.05, 0.1) is 18.1 Å². The number of halogens is 2. The second kappa shape index (κ2) is 4.23. The van der Waals surface area contributed by atoms with Crippen molar-refractivity contribution >= 4 is 44.2 Å². The molecule has 1 aromatic rings. The van der Waals surface area contributed by atoms with Crippen molar-refractivity contribution < 1.29 is 9.66 Å². The third-order valence-corrected chi connectivity index (χ3v) is 3.84. The Labute approximate surface area is 96.7 Å². The molecular formula is C7H5BrINO3. The first kappa shape index (κ1) is 10.7. The van der Waals surface area contributed by atoms with Gasteiger partial charge in [-0.3, -0.25) is 10.1 Å². The zero-order valence-electron chi connectivity index (χ0n) is 6.58. The first-order valence-corrected chi connectivity index (χ1v) is 5.11. The number of nitro benzene ring substituents is 1. The Balaban J connectivity index is 3.33. The summed E-state index contributed by atoms with van der Waals surface area (Å²) in [7, 11) is 1.48. The van der Waals surface area contributed by atoms with Crippen LogP contribution in [0.3, 0.4) is 0 Å². The molecule has 0 amide bonds. The molecule has 6 heteroatoms. The van der Waals surface area contributed by atoms with E-state index >= 15 is 0 Å². The molecule has 1 rings (SSSR count). The van der Waals surface area contributed by atoms with Gasteiger partial charge in [-0.25, -0.2) is 0 Å². The maximum Gasteiger partial charge on any atom is 0.288 e. The molecular weight excluding hydrogens is 353 g/mol. The molecule has 0 saturated carbocycles. The van der Waals surface area contributed by atoms with Crippen LogP contribution in [0.15, 0.2) is 16.6 Å². The second-order valence-electron chi connectivity index (χ2n) is 2.20. The summed E-state index contributed by atoms with van der Waals surface area (Å²) in [6.07, 6.45) is 0. The van der Waals surface area contributed by atoms with E-state index in [2.05, 4.69) is 15.9 Å². The van der Waals surface area contributed by atoms with Crippen LogP contribution >= 0.6 is 38.5 Å². The van der Waals surface area contributed by atoms with Gasteiger partial charge in [0, 0.05) is 3.57 Å². The van der Waals surface area contributed by atoms with Crippen molar-refractivity contribution in [2.75, 3.05) is 7.11 Å². The van der Waals surface area contributed by atoms with E-state index in [0.29, 0.717) is 10.2 Å². The fourth-order valence-corrected chi connectivity index (χ4v) is 1.76. The number of rotatable bonds is 2. The van der Waals surface area contributed by atoms with Crippen molar-refractivity contribution in [3.05, 3.63) is 30.3 Å². The average Bonchev–Trinajstić information content (AvgIpc) is 2.09. The molecule has 0 aliphatic carbocycles. The summed E-state index contributed by atoms with van der Waals surface area (Å²) in [6.45, 7) is 0. The van der Waals surface area contributed by atoms with Gasteiger partial charge in [-0.2, -0.15) is 0 Å². The van der Waals surface area contributed by atoms with E-state index in [4.69, 9.17) is 4.74 Å². The number of methoxy groups -OCH3 is 1. The van der Waals surface area contributed by atoms with Gasteiger partial charge in [-0.1, -0.05) is 0 Å². The quantitative estimate of drug-likeness (QED) is 0.464. The van der Waals surface area contributed by atoms with E-state index in [-0.39, 0.29) is 5.69 Å². The van der Waals surface area contributed by atoms with E-state index in [0.717, 1.165) is 3.57 Å². The molecule has 0 atom stereocenters. The lowest BCUT2D eigenvalue weighted by atomic mass is 10.3. The van der Waals surface area contributed by atoms with Gasteiger partial charge >= 0.3 is 0 Å². The van der Waals surface area contributed by atoms with E-state index in [1.165, 1.54) is 13.2 Å². The molecule has 0 aliphatic heterocycles. The van der Waals surface area contributed by atoms with Crippen molar-refractivity contribution in [2.24, 2.45) is 0 Å². The van der Waals surface area contributed by atoms with E-state index in [9.17, 15) is 10.1 Å². The molecule has 0 radical (unpaired) electrons. The Morgan fingerprint density at radius 2 is 2.23 bits per heavy atom. The predicted octanol–water partition coefficient (Wildman–Crippen LogP) is 2.97. The number of hydrogen-bond acceptors (Lipinski definition) is 3. The molecule has 0 aliphatic rings. The van der Waals surface area contributed by atoms with Gasteiger partial charge in [0.1, 0.15) is 10.2 Å². The Morgan fingerprint density at radius 3 is 2.69 bits per heavy atom. The molecule has 0 bridgehead atoms. The molecule has 0 aromatic heterocycles. The lowest BCUT2D eigenvalue weighted by Gasteiger charge is -2.02. The number of ether oxygens (including phenoxy) is 1. The van der Waals surface area contributed by atoms with Crippen molar-refractivity contribution in [3.63, 3.8) is 0 Å². The van der Waals surface area contributed by atoms with Crippen molar-refractivity contribution in [2.45, 2.75) is 0 Å². The normalized spacial score (nSPS) is 9.77. The van der Waals surface area contributed by atoms with Crippen LogP contribution in [0, 0.1) is 13.7 Å². The standard InChI is InChI=1S/C7H5BrINO3/c1-13-4-2-5(9)7(8)6(3-4)10(11)12/h2-3H,1H3. The summed E-state index contributed by atoms with van der Waals surface area (Å²) >= 11 is 5.14. The topological polar surface area (TPSA) is 52.4 Å². The molecule has 4 nitrogen and oxygen atoms in total. The van der Waals surface area contributed by atoms with E-state index in [1.807, 2.05) is 22.6 Å². The van der Waals surface area contributed by atoms with Gasteiger partial charge in [0.2, 0.25) is 0 Å². The average molecular weight is 358 g/mol. The first-order chi connectivity index (χ1) is 6.06. The molecule has 0 spiro atoms. The first-order valence-electron chi connectivity index (χ1n) is 3.23. The molecule has 70 valence electrons. The van der Waals surface area contributed by atoms with Crippen molar-refractivity contribution in [3.8, 4) is 5.75 Å². The number of nitro groups is 1. The molecule has 1 aromatic carbocycles. The monoisotopic (exact) mass is 357 g/mol. The van der Waals surface area contributed by atoms with E-state index < -0.39 is 4.92 Å². The fourth-order valence-electron chi connectivity index (χ4n) is 0.801. The minimum Gasteiger partial charge on any atom is -0.496 e. The predicted molar refractivity (Wildman–Crippen MR) is 60.1 cm³/mol. The van der Waals surface area contributed by atoms with Crippen LogP contribution < -0.4 is 4.74 Å². The smallest absolute Gasteiger partial charge is 0.288 e. The fraction of sp³-hybridized carbons (Fsp3) is 0.143. The lowest BCUT2D eigenvalue weighted by Crippen LogP contribution is -1.93. The minimum atomic E-state index is -0.450. The van der Waals surface area contributed by atoms with Gasteiger partial charge < -0.3 is 4.74 Å². The Bertz CT molecular complexity index is 356. The lowest BCUT2D eigenvalue weighted by molar-refractivity contribution is -0.385. The SMILES string of the molecule is COc1cc(I)c(Br)c([N+](=O)[O-])c1. The van der Waals surface area contributed by atoms with Crippen LogP contribution in [-0.2, 0) is 0 Å². The minimum absolute atomic E-state index is 0.0174. The summed E-state index contributed by atoms with van der Waals surface area (Å²) < 4.78 is 6.15. The summed E-state index contributed by atoms with van der Waals surface area (Å²) in [5.74, 6) is 0.485. The van der Waals surface area contributed by atoms with Crippen molar-refractivity contribution in [1.29, 1.82) is 0 Å². The zero-order valence-corrected chi connectivity index (χ0v) is 10.3. The van der Waals surface area contributed by atoms with Gasteiger partial charge in [-0.05, 0) is 44.6 Å². The van der Waals surface area contributed by atoms with Gasteiger partial charge in [-0.15, -0.1) is 0 Å². The van der Waals surface area contributed by atoms with Crippen molar-refractivity contribution in [1.82, 2.24) is 0 Å². The third kappa shape index (κ3) is 2.31. The van der Waals surface area contributed by atoms with Gasteiger partial charge in [0.25, 0.3) is 5.69 Å². The highest BCUT2D eigenvalue weighted by atomic mass is 127. The summed E-state index contributed by atoms with van der Waals surface area (Å²) in [4.78, 5) is 10.1. The molecule has 0 N–H and O–H groups in total. The molecule has 0 unspecified atom stereocenters. The van der Waals surface area contributed by atoms with Crippen LogP contribution in [0.4, 0.5) is 5.69 Å². The van der Waals surface area contributed by atoms with Gasteiger partial charge in [0.15, 0.2) is 0 Å². The van der Waals surface area contributed by atoms with Crippen LogP contribution in [0.5, 0.6) is 5.75 Å². The van der Waals surface area contributed by atoms with Crippen LogP contribution in [0.25, 0.3) is 0 Å². The highest BCUT2D eigenvalue weighted by Crippen LogP contribution is 2.33. The summed E-state index contributed by atoms with van der Waals surface area (Å²) in [5.41, 5.74) is 0.0174. The maximum atomic E-state index is 10.6. The molecule has 0 heterocycles. The van der Waals surface area contributed by atoms with Crippen LogP contribution in [0.1, 0.15) is 0 Å². The summed E-state index contributed by atoms with van der Waals surface area (Å²) in [6, 6.07) is 3.10. The molecule has 0 saturated heterocycles. The zero-order chi connectivity index (χ0) is 10.0. The number of benzene rings is 1. The maximum absolute atomic E-state index is 10.6. The summed E-state index contributed by atoms with van der Waals surface area (Å²) in [5, 5.41) is 10.6. The van der Waals surface area contributed by atoms with E-state index in [1.54, 1.807) is 6.07 Å². The Morgan fingerprint density at radius 1 is 1.62 bits per heavy atom. The molecule has 0 fully saturated rings. The second-order valence-corrected chi connectivity index (χ2v) is 4.15. The largest absolute Gasteiger partial charge is 0.496 e. The third-order valence-electron chi connectivity index (χ3n) is 1.41. The molecule has 13 heavy (non-hydrogen) atoms. The Kier molecular flexibility index (Phi) is 3.48. The number of nitrogens with zero attached hydrogens (tertiary/aromatic N) is 1. The highest BCUT2D eigenvalue weighted by molar-refractivity contribution is 14.1. The Hall–Kier alpha value is -0.370. The number of hydrogen-bond donors (Lipinski definition) is 0. The highest BCUT2D eigenvalue weighted by Gasteiger charge is 2.16.